The summed E-state index contributed by atoms with van der Waals surface area (Å²) >= 11 is 0. The number of alkyl halides is 2. The van der Waals surface area contributed by atoms with Gasteiger partial charge in [-0.2, -0.15) is 14.0 Å². The number of rotatable bonds is 5. The second kappa shape index (κ2) is 5.94. The minimum absolute atomic E-state index is 0.00406. The Balaban J connectivity index is 2.86. The molecule has 0 aromatic heterocycles. The summed E-state index contributed by atoms with van der Waals surface area (Å²) in [5.41, 5.74) is 0.487. The first kappa shape index (κ1) is 13.1. The van der Waals surface area contributed by atoms with Crippen molar-refractivity contribution in [2.45, 2.75) is 25.9 Å². The molecule has 1 aromatic carbocycles. The summed E-state index contributed by atoms with van der Waals surface area (Å²) in [5.74, 6) is -1.04. The SMILES string of the molecule is CCC(=O)C(C#N)c1ccc(OC(F)F)cc1. The van der Waals surface area contributed by atoms with Crippen LogP contribution >= 0.6 is 0 Å². The molecule has 17 heavy (non-hydrogen) atoms. The van der Waals surface area contributed by atoms with Crippen LogP contribution in [0.4, 0.5) is 8.78 Å². The normalized spacial score (nSPS) is 11.9. The fraction of sp³-hybridized carbons (Fsp3) is 0.333. The second-order valence-electron chi connectivity index (χ2n) is 3.33. The van der Waals surface area contributed by atoms with E-state index in [-0.39, 0.29) is 18.0 Å². The van der Waals surface area contributed by atoms with Crippen molar-refractivity contribution < 1.29 is 18.3 Å². The number of nitriles is 1. The van der Waals surface area contributed by atoms with Gasteiger partial charge in [0.1, 0.15) is 11.7 Å². The number of ketones is 1. The molecule has 0 saturated carbocycles. The third-order valence-corrected chi connectivity index (χ3v) is 2.24. The van der Waals surface area contributed by atoms with Gasteiger partial charge in [0.05, 0.1) is 6.07 Å². The highest BCUT2D eigenvalue weighted by Gasteiger charge is 2.18. The van der Waals surface area contributed by atoms with E-state index in [1.54, 1.807) is 6.92 Å². The smallest absolute Gasteiger partial charge is 0.387 e. The molecule has 0 N–H and O–H groups in total. The predicted molar refractivity (Wildman–Crippen MR) is 56.7 cm³/mol. The summed E-state index contributed by atoms with van der Waals surface area (Å²) in [5, 5.41) is 8.87. The molecule has 0 amide bonds. The summed E-state index contributed by atoms with van der Waals surface area (Å²) in [6.07, 6.45) is 0.257. The van der Waals surface area contributed by atoms with E-state index < -0.39 is 12.5 Å². The number of hydrogen-bond acceptors (Lipinski definition) is 3. The summed E-state index contributed by atoms with van der Waals surface area (Å²) in [6.45, 7) is -1.22. The van der Waals surface area contributed by atoms with Gasteiger partial charge >= 0.3 is 6.61 Å². The molecule has 0 aliphatic heterocycles. The second-order valence-corrected chi connectivity index (χ2v) is 3.33. The average Bonchev–Trinajstić information content (AvgIpc) is 2.31. The molecule has 0 fully saturated rings. The van der Waals surface area contributed by atoms with Gasteiger partial charge in [-0.3, -0.25) is 4.79 Å². The van der Waals surface area contributed by atoms with Crippen LogP contribution in [0.2, 0.25) is 0 Å². The van der Waals surface area contributed by atoms with Gasteiger partial charge in [0.25, 0.3) is 0 Å². The van der Waals surface area contributed by atoms with Crippen LogP contribution in [-0.4, -0.2) is 12.4 Å². The van der Waals surface area contributed by atoms with Crippen LogP contribution < -0.4 is 4.74 Å². The van der Waals surface area contributed by atoms with Crippen molar-refractivity contribution in [1.82, 2.24) is 0 Å². The predicted octanol–water partition coefficient (Wildman–Crippen LogP) is 2.87. The van der Waals surface area contributed by atoms with Crippen molar-refractivity contribution >= 4 is 5.78 Å². The summed E-state index contributed by atoms with van der Waals surface area (Å²) in [6, 6.07) is 7.41. The highest BCUT2D eigenvalue weighted by atomic mass is 19.3. The van der Waals surface area contributed by atoms with Crippen LogP contribution in [0.15, 0.2) is 24.3 Å². The number of halogens is 2. The van der Waals surface area contributed by atoms with Gasteiger partial charge in [-0.15, -0.1) is 0 Å². The average molecular weight is 239 g/mol. The number of ether oxygens (including phenoxy) is 1. The van der Waals surface area contributed by atoms with E-state index in [1.807, 2.05) is 6.07 Å². The van der Waals surface area contributed by atoms with Crippen LogP contribution in [0.3, 0.4) is 0 Å². The van der Waals surface area contributed by atoms with E-state index in [2.05, 4.69) is 4.74 Å². The Bertz CT molecular complexity index is 423. The topological polar surface area (TPSA) is 50.1 Å². The number of benzene rings is 1. The number of Topliss-reactive ketones (excluding diaryl/α,β-unsaturated/α-hetero) is 1. The number of nitrogens with zero attached hydrogens (tertiary/aromatic N) is 1. The van der Waals surface area contributed by atoms with Gasteiger partial charge in [-0.05, 0) is 17.7 Å². The molecule has 1 atom stereocenters. The van der Waals surface area contributed by atoms with Crippen molar-refractivity contribution in [2.24, 2.45) is 0 Å². The molecule has 90 valence electrons. The molecule has 0 spiro atoms. The van der Waals surface area contributed by atoms with Gasteiger partial charge < -0.3 is 4.74 Å². The minimum Gasteiger partial charge on any atom is -0.435 e. The van der Waals surface area contributed by atoms with Gasteiger partial charge in [0.2, 0.25) is 0 Å². The van der Waals surface area contributed by atoms with Crippen LogP contribution in [0, 0.1) is 11.3 Å². The monoisotopic (exact) mass is 239 g/mol. The van der Waals surface area contributed by atoms with Crippen LogP contribution in [-0.2, 0) is 4.79 Å². The quantitative estimate of drug-likeness (QED) is 0.793. The molecule has 1 unspecified atom stereocenters. The minimum atomic E-state index is -2.88. The van der Waals surface area contributed by atoms with Crippen LogP contribution in [0.5, 0.6) is 5.75 Å². The molecule has 0 aliphatic rings. The number of carbonyl (C=O) groups excluding carboxylic acids is 1. The van der Waals surface area contributed by atoms with Crippen molar-refractivity contribution in [1.29, 1.82) is 5.26 Å². The van der Waals surface area contributed by atoms with Gasteiger partial charge in [-0.1, -0.05) is 19.1 Å². The summed E-state index contributed by atoms with van der Waals surface area (Å²) < 4.78 is 28.0. The summed E-state index contributed by atoms with van der Waals surface area (Å²) in [7, 11) is 0. The van der Waals surface area contributed by atoms with Gasteiger partial charge in [0.15, 0.2) is 5.78 Å². The Hall–Kier alpha value is -1.96. The Morgan fingerprint density at radius 3 is 2.41 bits per heavy atom. The third-order valence-electron chi connectivity index (χ3n) is 2.24. The van der Waals surface area contributed by atoms with Crippen molar-refractivity contribution in [3.05, 3.63) is 29.8 Å². The van der Waals surface area contributed by atoms with Crippen molar-refractivity contribution in [3.8, 4) is 11.8 Å². The van der Waals surface area contributed by atoms with E-state index in [0.29, 0.717) is 5.56 Å². The maximum absolute atomic E-state index is 11.9. The highest BCUT2D eigenvalue weighted by Crippen LogP contribution is 2.21. The van der Waals surface area contributed by atoms with E-state index in [4.69, 9.17) is 5.26 Å². The van der Waals surface area contributed by atoms with Crippen molar-refractivity contribution in [2.75, 3.05) is 0 Å². The van der Waals surface area contributed by atoms with Crippen molar-refractivity contribution in [3.63, 3.8) is 0 Å². The Kier molecular flexibility index (Phi) is 4.58. The maximum atomic E-state index is 11.9. The fourth-order valence-electron chi connectivity index (χ4n) is 1.38. The fourth-order valence-corrected chi connectivity index (χ4v) is 1.38. The first-order valence-corrected chi connectivity index (χ1v) is 5.05. The first-order valence-electron chi connectivity index (χ1n) is 5.05. The Morgan fingerprint density at radius 2 is 2.00 bits per heavy atom. The Morgan fingerprint density at radius 1 is 1.41 bits per heavy atom. The first-order chi connectivity index (χ1) is 8.08. The molecule has 1 rings (SSSR count). The van der Waals surface area contributed by atoms with Crippen LogP contribution in [0.25, 0.3) is 0 Å². The van der Waals surface area contributed by atoms with E-state index >= 15 is 0 Å². The summed E-state index contributed by atoms with van der Waals surface area (Å²) in [4.78, 5) is 11.4. The molecule has 5 heteroatoms. The third kappa shape index (κ3) is 3.52. The lowest BCUT2D eigenvalue weighted by Crippen LogP contribution is -2.09. The molecule has 0 bridgehead atoms. The van der Waals surface area contributed by atoms with E-state index in [9.17, 15) is 13.6 Å². The lowest BCUT2D eigenvalue weighted by Gasteiger charge is -2.08. The number of hydrogen-bond donors (Lipinski definition) is 0. The zero-order chi connectivity index (χ0) is 12.8. The zero-order valence-corrected chi connectivity index (χ0v) is 9.19. The van der Waals surface area contributed by atoms with Gasteiger partial charge in [-0.25, -0.2) is 0 Å². The molecular formula is C12H11F2NO2. The number of carbonyl (C=O) groups is 1. The molecule has 0 heterocycles. The van der Waals surface area contributed by atoms with Crippen LogP contribution in [0.1, 0.15) is 24.8 Å². The van der Waals surface area contributed by atoms with E-state index in [1.165, 1.54) is 24.3 Å². The molecule has 3 nitrogen and oxygen atoms in total. The maximum Gasteiger partial charge on any atom is 0.387 e. The molecule has 1 aromatic rings. The Labute approximate surface area is 97.6 Å². The highest BCUT2D eigenvalue weighted by molar-refractivity contribution is 5.88. The molecule has 0 aliphatic carbocycles. The van der Waals surface area contributed by atoms with Gasteiger partial charge in [0, 0.05) is 6.42 Å². The largest absolute Gasteiger partial charge is 0.435 e. The molecule has 0 saturated heterocycles. The lowest BCUT2D eigenvalue weighted by molar-refractivity contribution is -0.119. The lowest BCUT2D eigenvalue weighted by atomic mass is 9.95. The van der Waals surface area contributed by atoms with E-state index in [0.717, 1.165) is 0 Å². The molecule has 0 radical (unpaired) electrons. The molecular weight excluding hydrogens is 228 g/mol. The standard InChI is InChI=1S/C12H11F2NO2/c1-2-11(16)10(7-15)8-3-5-9(6-4-8)17-12(13)14/h3-6,10,12H,2H2,1H3. The zero-order valence-electron chi connectivity index (χ0n) is 9.19.